The van der Waals surface area contributed by atoms with Gasteiger partial charge in [0, 0.05) is 37.9 Å². The minimum Gasteiger partial charge on any atom is -0.490 e. The molecule has 1 aromatic rings. The van der Waals surface area contributed by atoms with Crippen molar-refractivity contribution in [1.29, 1.82) is 0 Å². The van der Waals surface area contributed by atoms with Gasteiger partial charge in [0.1, 0.15) is 11.9 Å². The summed E-state index contributed by atoms with van der Waals surface area (Å²) in [7, 11) is 0. The lowest BCUT2D eigenvalue weighted by Gasteiger charge is -2.38. The summed E-state index contributed by atoms with van der Waals surface area (Å²) >= 11 is 0. The van der Waals surface area contributed by atoms with Gasteiger partial charge in [-0.15, -0.1) is 0 Å². The van der Waals surface area contributed by atoms with Crippen molar-refractivity contribution in [2.75, 3.05) is 39.4 Å². The van der Waals surface area contributed by atoms with Gasteiger partial charge in [-0.25, -0.2) is 0 Å². The van der Waals surface area contributed by atoms with Crippen molar-refractivity contribution < 1.29 is 9.47 Å². The molecular weight excluding hydrogens is 302 g/mol. The van der Waals surface area contributed by atoms with Crippen LogP contribution in [-0.4, -0.2) is 56.4 Å². The van der Waals surface area contributed by atoms with E-state index in [0.717, 1.165) is 63.9 Å². The number of hydrogen-bond donors (Lipinski definition) is 1. The third kappa shape index (κ3) is 4.41. The van der Waals surface area contributed by atoms with Gasteiger partial charge in [-0.3, -0.25) is 4.99 Å². The largest absolute Gasteiger partial charge is 0.490 e. The summed E-state index contributed by atoms with van der Waals surface area (Å²) in [6.45, 7) is 9.69. The predicted molar refractivity (Wildman–Crippen MR) is 96.6 cm³/mol. The number of nitrogens with zero attached hydrogens (tertiary/aromatic N) is 2. The van der Waals surface area contributed by atoms with Gasteiger partial charge in [-0.05, 0) is 19.1 Å². The van der Waals surface area contributed by atoms with Crippen LogP contribution in [0.3, 0.4) is 0 Å². The van der Waals surface area contributed by atoms with Crippen LogP contribution >= 0.6 is 0 Å². The molecule has 0 saturated carbocycles. The summed E-state index contributed by atoms with van der Waals surface area (Å²) in [5.41, 5.74) is 0.218. The van der Waals surface area contributed by atoms with E-state index in [0.29, 0.717) is 6.10 Å². The first-order valence-corrected chi connectivity index (χ1v) is 9.01. The number of nitrogens with one attached hydrogen (secondary N) is 1. The zero-order chi connectivity index (χ0) is 16.8. The minimum absolute atomic E-state index is 0.218. The number of rotatable bonds is 5. The van der Waals surface area contributed by atoms with Crippen molar-refractivity contribution in [2.24, 2.45) is 10.4 Å². The van der Waals surface area contributed by atoms with Crippen LogP contribution < -0.4 is 10.1 Å². The standard InChI is InChI=1S/C19H29N3O2/c1-3-20-18(21-13-19(2)14-23-15-19)22-11-9-17(10-12-22)24-16-7-5-4-6-8-16/h4-8,17H,3,9-15H2,1-2H3,(H,20,21). The Bertz CT molecular complexity index is 535. The van der Waals surface area contributed by atoms with E-state index in [1.165, 1.54) is 0 Å². The molecule has 5 heteroatoms. The summed E-state index contributed by atoms with van der Waals surface area (Å²) in [6.07, 6.45) is 2.35. The molecule has 0 amide bonds. The first-order valence-electron chi connectivity index (χ1n) is 9.01. The fourth-order valence-corrected chi connectivity index (χ4v) is 3.11. The van der Waals surface area contributed by atoms with E-state index < -0.39 is 0 Å². The Morgan fingerprint density at radius 3 is 2.58 bits per heavy atom. The summed E-state index contributed by atoms with van der Waals surface area (Å²) in [6, 6.07) is 10.1. The number of piperidine rings is 1. The molecule has 132 valence electrons. The first-order chi connectivity index (χ1) is 11.7. The lowest BCUT2D eigenvalue weighted by molar-refractivity contribution is -0.0946. The highest BCUT2D eigenvalue weighted by Crippen LogP contribution is 2.27. The van der Waals surface area contributed by atoms with Gasteiger partial charge in [0.15, 0.2) is 5.96 Å². The van der Waals surface area contributed by atoms with Crippen molar-refractivity contribution in [1.82, 2.24) is 10.2 Å². The second-order valence-corrected chi connectivity index (χ2v) is 7.09. The highest BCUT2D eigenvalue weighted by Gasteiger charge is 2.33. The van der Waals surface area contributed by atoms with Crippen molar-refractivity contribution in [2.45, 2.75) is 32.8 Å². The maximum absolute atomic E-state index is 6.08. The van der Waals surface area contributed by atoms with E-state index in [4.69, 9.17) is 14.5 Å². The maximum atomic E-state index is 6.08. The fraction of sp³-hybridized carbons (Fsp3) is 0.632. The predicted octanol–water partition coefficient (Wildman–Crippen LogP) is 2.53. The Hall–Kier alpha value is -1.75. The molecule has 2 saturated heterocycles. The summed E-state index contributed by atoms with van der Waals surface area (Å²) in [5.74, 6) is 2.00. The number of likely N-dealkylation sites (tertiary alicyclic amines) is 1. The van der Waals surface area contributed by atoms with E-state index in [9.17, 15) is 0 Å². The van der Waals surface area contributed by atoms with Gasteiger partial charge < -0.3 is 19.7 Å². The zero-order valence-electron chi connectivity index (χ0n) is 14.8. The van der Waals surface area contributed by atoms with Gasteiger partial charge in [0.05, 0.1) is 19.8 Å². The highest BCUT2D eigenvalue weighted by atomic mass is 16.5. The van der Waals surface area contributed by atoms with Gasteiger partial charge in [0.2, 0.25) is 0 Å². The van der Waals surface area contributed by atoms with Crippen LogP contribution in [0.2, 0.25) is 0 Å². The van der Waals surface area contributed by atoms with Crippen LogP contribution in [0.1, 0.15) is 26.7 Å². The molecule has 2 heterocycles. The van der Waals surface area contributed by atoms with E-state index in [2.05, 4.69) is 24.1 Å². The quantitative estimate of drug-likeness (QED) is 0.665. The monoisotopic (exact) mass is 331 g/mol. The Balaban J connectivity index is 1.52. The van der Waals surface area contributed by atoms with Crippen molar-refractivity contribution >= 4 is 5.96 Å². The minimum atomic E-state index is 0.218. The van der Waals surface area contributed by atoms with Crippen LogP contribution in [0.5, 0.6) is 5.75 Å². The lowest BCUT2D eigenvalue weighted by atomic mass is 9.89. The molecule has 0 aliphatic carbocycles. The van der Waals surface area contributed by atoms with Crippen molar-refractivity contribution in [3.63, 3.8) is 0 Å². The van der Waals surface area contributed by atoms with E-state index in [1.54, 1.807) is 0 Å². The molecule has 2 aliphatic rings. The van der Waals surface area contributed by atoms with Gasteiger partial charge in [-0.1, -0.05) is 25.1 Å². The topological polar surface area (TPSA) is 46.1 Å². The second kappa shape index (κ2) is 7.88. The first kappa shape index (κ1) is 17.1. The SMILES string of the molecule is CCNC(=NCC1(C)COC1)N1CCC(Oc2ccccc2)CC1. The van der Waals surface area contributed by atoms with Crippen LogP contribution in [-0.2, 0) is 4.74 Å². The number of para-hydroxylation sites is 1. The molecular formula is C19H29N3O2. The normalized spacial score (nSPS) is 21.2. The summed E-state index contributed by atoms with van der Waals surface area (Å²) in [5, 5.41) is 3.43. The Morgan fingerprint density at radius 1 is 1.29 bits per heavy atom. The molecule has 0 unspecified atom stereocenters. The van der Waals surface area contributed by atoms with Crippen molar-refractivity contribution in [3.05, 3.63) is 30.3 Å². The van der Waals surface area contributed by atoms with Gasteiger partial charge >= 0.3 is 0 Å². The Kier molecular flexibility index (Phi) is 5.61. The summed E-state index contributed by atoms with van der Waals surface area (Å²) in [4.78, 5) is 7.21. The smallest absolute Gasteiger partial charge is 0.193 e. The molecule has 0 atom stereocenters. The maximum Gasteiger partial charge on any atom is 0.193 e. The molecule has 5 nitrogen and oxygen atoms in total. The lowest BCUT2D eigenvalue weighted by Crippen LogP contribution is -2.49. The van der Waals surface area contributed by atoms with E-state index in [1.807, 2.05) is 30.3 Å². The van der Waals surface area contributed by atoms with Crippen LogP contribution in [0.4, 0.5) is 0 Å². The van der Waals surface area contributed by atoms with Gasteiger partial charge in [-0.2, -0.15) is 0 Å². The number of guanidine groups is 1. The molecule has 2 fully saturated rings. The Morgan fingerprint density at radius 2 is 2.00 bits per heavy atom. The van der Waals surface area contributed by atoms with Crippen LogP contribution in [0.25, 0.3) is 0 Å². The molecule has 0 radical (unpaired) electrons. The summed E-state index contributed by atoms with van der Waals surface area (Å²) < 4.78 is 11.4. The fourth-order valence-electron chi connectivity index (χ4n) is 3.11. The van der Waals surface area contributed by atoms with E-state index >= 15 is 0 Å². The molecule has 0 aromatic heterocycles. The molecule has 3 rings (SSSR count). The third-order valence-corrected chi connectivity index (χ3v) is 4.63. The van der Waals surface area contributed by atoms with Gasteiger partial charge in [0.25, 0.3) is 0 Å². The number of hydrogen-bond acceptors (Lipinski definition) is 3. The number of aliphatic imine (C=N–C) groups is 1. The third-order valence-electron chi connectivity index (χ3n) is 4.63. The van der Waals surface area contributed by atoms with Crippen LogP contribution in [0, 0.1) is 5.41 Å². The van der Waals surface area contributed by atoms with Crippen molar-refractivity contribution in [3.8, 4) is 5.75 Å². The average Bonchev–Trinajstić information content (AvgIpc) is 2.59. The van der Waals surface area contributed by atoms with E-state index in [-0.39, 0.29) is 5.41 Å². The average molecular weight is 331 g/mol. The zero-order valence-corrected chi connectivity index (χ0v) is 14.8. The molecule has 0 bridgehead atoms. The number of benzene rings is 1. The van der Waals surface area contributed by atoms with Crippen LogP contribution in [0.15, 0.2) is 35.3 Å². The Labute approximate surface area is 145 Å². The molecule has 0 spiro atoms. The number of ether oxygens (including phenoxy) is 2. The molecule has 24 heavy (non-hydrogen) atoms. The second-order valence-electron chi connectivity index (χ2n) is 7.09. The molecule has 2 aliphatic heterocycles. The molecule has 1 aromatic carbocycles. The molecule has 1 N–H and O–H groups in total. The highest BCUT2D eigenvalue weighted by molar-refractivity contribution is 5.80.